The van der Waals surface area contributed by atoms with Crippen molar-refractivity contribution in [1.29, 1.82) is 0 Å². The van der Waals surface area contributed by atoms with Gasteiger partial charge in [-0.3, -0.25) is 10.1 Å². The molecule has 1 atom stereocenters. The Balaban J connectivity index is 2.46. The van der Waals surface area contributed by atoms with E-state index in [1.807, 2.05) is 0 Å². The molecule has 5 heteroatoms. The topological polar surface area (TPSA) is 81.4 Å². The molecule has 0 aliphatic heterocycles. The van der Waals surface area contributed by atoms with E-state index < -0.39 is 17.9 Å². The number of nitrogens with two attached hydrogens (primary N) is 1. The minimum atomic E-state index is -0.984. The van der Waals surface area contributed by atoms with Crippen molar-refractivity contribution in [3.8, 4) is 0 Å². The molecule has 68 valence electrons. The number of nitrogens with one attached hydrogen (secondary N) is 1. The summed E-state index contributed by atoms with van der Waals surface area (Å²) in [5.74, 6) is -1.30. The van der Waals surface area contributed by atoms with Gasteiger partial charge in [-0.05, 0) is 12.8 Å². The van der Waals surface area contributed by atoms with Crippen LogP contribution in [0.4, 0.5) is 0 Å². The van der Waals surface area contributed by atoms with Crippen molar-refractivity contribution in [3.05, 3.63) is 0 Å². The number of esters is 1. The summed E-state index contributed by atoms with van der Waals surface area (Å²) < 4.78 is 4.40. The van der Waals surface area contributed by atoms with Crippen LogP contribution in [-0.4, -0.2) is 31.1 Å². The molecular weight excluding hydrogens is 160 g/mol. The molecule has 0 aromatic heterocycles. The Morgan fingerprint density at radius 1 is 1.58 bits per heavy atom. The molecule has 1 rings (SSSR count). The molecule has 0 spiro atoms. The highest BCUT2D eigenvalue weighted by molar-refractivity contribution is 6.01. The number of primary amides is 1. The Hall–Kier alpha value is -1.10. The maximum absolute atomic E-state index is 10.9. The average Bonchev–Trinajstić information content (AvgIpc) is 2.81. The van der Waals surface area contributed by atoms with Crippen molar-refractivity contribution >= 4 is 11.9 Å². The summed E-state index contributed by atoms with van der Waals surface area (Å²) in [6, 6.07) is -0.732. The summed E-state index contributed by atoms with van der Waals surface area (Å²) in [4.78, 5) is 21.7. The van der Waals surface area contributed by atoms with Crippen molar-refractivity contribution in [3.63, 3.8) is 0 Å². The molecule has 1 aliphatic carbocycles. The zero-order valence-corrected chi connectivity index (χ0v) is 6.87. The molecule has 0 bridgehead atoms. The number of carbonyl (C=O) groups is 2. The monoisotopic (exact) mass is 172 g/mol. The van der Waals surface area contributed by atoms with Crippen molar-refractivity contribution in [2.24, 2.45) is 5.73 Å². The predicted molar refractivity (Wildman–Crippen MR) is 41.2 cm³/mol. The van der Waals surface area contributed by atoms with Gasteiger partial charge in [0.25, 0.3) is 0 Å². The van der Waals surface area contributed by atoms with Crippen LogP contribution in [0.15, 0.2) is 0 Å². The van der Waals surface area contributed by atoms with Crippen molar-refractivity contribution in [1.82, 2.24) is 5.32 Å². The average molecular weight is 172 g/mol. The van der Waals surface area contributed by atoms with Gasteiger partial charge in [0.1, 0.15) is 0 Å². The van der Waals surface area contributed by atoms with Crippen LogP contribution >= 0.6 is 0 Å². The van der Waals surface area contributed by atoms with Gasteiger partial charge < -0.3 is 10.5 Å². The molecular formula is C7H12N2O3. The fourth-order valence-electron chi connectivity index (χ4n) is 0.870. The zero-order chi connectivity index (χ0) is 9.14. The van der Waals surface area contributed by atoms with Crippen LogP contribution in [0.5, 0.6) is 0 Å². The Bertz CT molecular complexity index is 201. The Morgan fingerprint density at radius 3 is 2.50 bits per heavy atom. The maximum atomic E-state index is 10.9. The van der Waals surface area contributed by atoms with E-state index in [2.05, 4.69) is 10.1 Å². The third kappa shape index (κ3) is 2.20. The summed E-state index contributed by atoms with van der Waals surface area (Å²) in [5, 5.41) is 2.79. The Labute approximate surface area is 70.2 Å². The van der Waals surface area contributed by atoms with Gasteiger partial charge >= 0.3 is 5.97 Å². The first-order valence-electron chi connectivity index (χ1n) is 3.78. The van der Waals surface area contributed by atoms with Gasteiger partial charge in [0, 0.05) is 6.04 Å². The zero-order valence-electron chi connectivity index (χ0n) is 6.87. The fraction of sp³-hybridized carbons (Fsp3) is 0.714. The predicted octanol–water partition coefficient (Wildman–Crippen LogP) is -1.23. The number of rotatable bonds is 4. The number of methoxy groups -OCH3 is 1. The van der Waals surface area contributed by atoms with Crippen molar-refractivity contribution in [2.45, 2.75) is 24.9 Å². The lowest BCUT2D eigenvalue weighted by Gasteiger charge is -2.11. The summed E-state index contributed by atoms with van der Waals surface area (Å²) in [6.45, 7) is 0. The summed E-state index contributed by atoms with van der Waals surface area (Å²) in [7, 11) is 1.23. The number of ether oxygens (including phenoxy) is 1. The van der Waals surface area contributed by atoms with E-state index in [1.165, 1.54) is 7.11 Å². The molecule has 0 saturated heterocycles. The highest BCUT2D eigenvalue weighted by Gasteiger charge is 2.32. The minimum absolute atomic E-state index is 0.251. The third-order valence-electron chi connectivity index (χ3n) is 1.70. The second-order valence-corrected chi connectivity index (χ2v) is 2.80. The van der Waals surface area contributed by atoms with Gasteiger partial charge in [-0.2, -0.15) is 0 Å². The first-order valence-corrected chi connectivity index (χ1v) is 3.78. The van der Waals surface area contributed by atoms with Gasteiger partial charge in [0.2, 0.25) is 5.91 Å². The van der Waals surface area contributed by atoms with Crippen molar-refractivity contribution < 1.29 is 14.3 Å². The summed E-state index contributed by atoms with van der Waals surface area (Å²) in [5.41, 5.74) is 4.99. The second-order valence-electron chi connectivity index (χ2n) is 2.80. The van der Waals surface area contributed by atoms with E-state index in [0.29, 0.717) is 0 Å². The third-order valence-corrected chi connectivity index (χ3v) is 1.70. The second kappa shape index (κ2) is 3.53. The summed E-state index contributed by atoms with van der Waals surface area (Å²) in [6.07, 6.45) is 1.97. The van der Waals surface area contributed by atoms with E-state index in [1.54, 1.807) is 0 Å². The number of amides is 1. The van der Waals surface area contributed by atoms with Gasteiger partial charge in [-0.15, -0.1) is 0 Å². The molecule has 3 N–H and O–H groups in total. The van der Waals surface area contributed by atoms with Crippen LogP contribution in [0.1, 0.15) is 12.8 Å². The van der Waals surface area contributed by atoms with Gasteiger partial charge in [-0.25, -0.2) is 4.79 Å². The summed E-state index contributed by atoms with van der Waals surface area (Å²) >= 11 is 0. The van der Waals surface area contributed by atoms with Crippen LogP contribution in [0, 0.1) is 0 Å². The molecule has 0 aromatic carbocycles. The standard InChI is InChI=1S/C7H12N2O3/c1-12-7(11)5(6(8)10)9-4-2-3-4/h4-5,9H,2-3H2,1H3,(H2,8,10). The smallest absolute Gasteiger partial charge is 0.332 e. The van der Waals surface area contributed by atoms with Gasteiger partial charge in [0.05, 0.1) is 7.11 Å². The highest BCUT2D eigenvalue weighted by Crippen LogP contribution is 2.19. The number of hydrogen-bond donors (Lipinski definition) is 2. The Morgan fingerprint density at radius 2 is 2.17 bits per heavy atom. The fourth-order valence-corrected chi connectivity index (χ4v) is 0.870. The van der Waals surface area contributed by atoms with Gasteiger partial charge in [-0.1, -0.05) is 0 Å². The molecule has 1 saturated carbocycles. The van der Waals surface area contributed by atoms with Crippen LogP contribution in [0.25, 0.3) is 0 Å². The minimum Gasteiger partial charge on any atom is -0.467 e. The molecule has 0 aromatic rings. The van der Waals surface area contributed by atoms with E-state index in [0.717, 1.165) is 12.8 Å². The van der Waals surface area contributed by atoms with E-state index in [4.69, 9.17) is 5.73 Å². The van der Waals surface area contributed by atoms with E-state index in [9.17, 15) is 9.59 Å². The molecule has 0 heterocycles. The number of carbonyl (C=O) groups excluding carboxylic acids is 2. The van der Waals surface area contributed by atoms with Crippen molar-refractivity contribution in [2.75, 3.05) is 7.11 Å². The lowest BCUT2D eigenvalue weighted by Crippen LogP contribution is -2.48. The molecule has 12 heavy (non-hydrogen) atoms. The van der Waals surface area contributed by atoms with Crippen LogP contribution in [0.3, 0.4) is 0 Å². The first kappa shape index (κ1) is 8.99. The molecule has 0 radical (unpaired) electrons. The SMILES string of the molecule is COC(=O)C(NC1CC1)C(N)=O. The maximum Gasteiger partial charge on any atom is 0.332 e. The van der Waals surface area contributed by atoms with E-state index >= 15 is 0 Å². The highest BCUT2D eigenvalue weighted by atomic mass is 16.5. The number of hydrogen-bond acceptors (Lipinski definition) is 4. The van der Waals surface area contributed by atoms with Crippen LogP contribution in [0.2, 0.25) is 0 Å². The lowest BCUT2D eigenvalue weighted by molar-refractivity contribution is -0.146. The van der Waals surface area contributed by atoms with Crippen LogP contribution < -0.4 is 11.1 Å². The molecule has 5 nitrogen and oxygen atoms in total. The van der Waals surface area contributed by atoms with E-state index in [-0.39, 0.29) is 6.04 Å². The Kier molecular flexibility index (Phi) is 2.65. The molecule has 1 aliphatic rings. The first-order chi connectivity index (χ1) is 5.65. The van der Waals surface area contributed by atoms with Crippen LogP contribution in [-0.2, 0) is 14.3 Å². The van der Waals surface area contributed by atoms with Gasteiger partial charge in [0.15, 0.2) is 6.04 Å². The molecule has 1 unspecified atom stereocenters. The molecule has 1 amide bonds. The largest absolute Gasteiger partial charge is 0.467 e. The quantitative estimate of drug-likeness (QED) is 0.411. The molecule has 1 fully saturated rings. The normalized spacial score (nSPS) is 18.4. The lowest BCUT2D eigenvalue weighted by atomic mass is 10.3.